The molecule has 2 aromatic carbocycles. The number of hydrogen-bond acceptors (Lipinski definition) is 6. The maximum atomic E-state index is 14.6. The first-order valence-electron chi connectivity index (χ1n) is 11.9. The van der Waals surface area contributed by atoms with Crippen LogP contribution in [-0.2, 0) is 13.1 Å². The number of aromatic nitrogens is 3. The molecule has 1 aliphatic rings. The Morgan fingerprint density at radius 1 is 1.11 bits per heavy atom. The third-order valence-corrected chi connectivity index (χ3v) is 6.31. The van der Waals surface area contributed by atoms with Crippen LogP contribution in [0.1, 0.15) is 32.3 Å². The number of hydrogen-bond donors (Lipinski definition) is 2. The fraction of sp³-hybridized carbons (Fsp3) is 0.400. The zero-order valence-electron chi connectivity index (χ0n) is 20.8. The largest absolute Gasteiger partial charge is 0.416 e. The number of aliphatic imine (C=N–C) groups is 1. The number of hydrazine groups is 1. The van der Waals surface area contributed by atoms with E-state index in [2.05, 4.69) is 15.5 Å². The summed E-state index contributed by atoms with van der Waals surface area (Å²) in [5, 5.41) is 15.8. The van der Waals surface area contributed by atoms with Crippen molar-refractivity contribution in [2.24, 2.45) is 4.99 Å². The molecular formula is C25H27ClF4N6O2. The van der Waals surface area contributed by atoms with E-state index < -0.39 is 36.9 Å². The van der Waals surface area contributed by atoms with Crippen LogP contribution >= 0.6 is 11.6 Å². The molecule has 0 saturated heterocycles. The Bertz CT molecular complexity index is 1370. The molecule has 0 amide bonds. The number of anilines is 1. The highest BCUT2D eigenvalue weighted by Gasteiger charge is 2.39. The van der Waals surface area contributed by atoms with E-state index in [1.807, 2.05) is 38.1 Å². The molecule has 2 unspecified atom stereocenters. The SMILES string of the molecule is CC(F)C1=NC(Cn2nc(-c3ccc(Cl)cc3)n(C[C@H](O)C(F)(F)F)c2=O)NN1c1ccccc1C(C)C. The second-order valence-electron chi connectivity index (χ2n) is 9.26. The highest BCUT2D eigenvalue weighted by Crippen LogP contribution is 2.30. The monoisotopic (exact) mass is 554 g/mol. The van der Waals surface area contributed by atoms with Crippen LogP contribution in [0, 0.1) is 0 Å². The molecule has 0 fully saturated rings. The summed E-state index contributed by atoms with van der Waals surface area (Å²) in [5.74, 6) is 0.141. The number of aliphatic hydroxyl groups excluding tert-OH is 1. The quantitative estimate of drug-likeness (QED) is 0.400. The molecule has 38 heavy (non-hydrogen) atoms. The lowest BCUT2D eigenvalue weighted by Crippen LogP contribution is -2.45. The van der Waals surface area contributed by atoms with Gasteiger partial charge in [-0.05, 0) is 48.7 Å². The van der Waals surface area contributed by atoms with Crippen LogP contribution < -0.4 is 16.1 Å². The minimum absolute atomic E-state index is 0.0852. The van der Waals surface area contributed by atoms with Gasteiger partial charge in [-0.2, -0.15) is 13.2 Å². The van der Waals surface area contributed by atoms with Crippen molar-refractivity contribution in [1.82, 2.24) is 19.8 Å². The van der Waals surface area contributed by atoms with Crippen molar-refractivity contribution in [3.63, 3.8) is 0 Å². The molecule has 8 nitrogen and oxygen atoms in total. The second-order valence-corrected chi connectivity index (χ2v) is 9.70. The average molecular weight is 555 g/mol. The Labute approximate surface area is 221 Å². The van der Waals surface area contributed by atoms with E-state index >= 15 is 0 Å². The highest BCUT2D eigenvalue weighted by molar-refractivity contribution is 6.30. The van der Waals surface area contributed by atoms with Gasteiger partial charge in [-0.1, -0.05) is 43.6 Å². The van der Waals surface area contributed by atoms with E-state index in [1.54, 1.807) is 0 Å². The molecule has 1 aliphatic heterocycles. The van der Waals surface area contributed by atoms with E-state index in [0.29, 0.717) is 16.3 Å². The van der Waals surface area contributed by atoms with Crippen LogP contribution in [0.3, 0.4) is 0 Å². The maximum Gasteiger partial charge on any atom is 0.416 e. The van der Waals surface area contributed by atoms with Gasteiger partial charge in [0.1, 0.15) is 6.17 Å². The van der Waals surface area contributed by atoms with E-state index in [1.165, 1.54) is 36.2 Å². The maximum absolute atomic E-state index is 14.6. The molecule has 0 saturated carbocycles. The number of alkyl halides is 4. The molecule has 2 heterocycles. The molecule has 0 radical (unpaired) electrons. The van der Waals surface area contributed by atoms with Crippen molar-refractivity contribution in [2.45, 2.75) is 64.4 Å². The fourth-order valence-corrected chi connectivity index (χ4v) is 4.30. The summed E-state index contributed by atoms with van der Waals surface area (Å²) in [7, 11) is 0. The van der Waals surface area contributed by atoms with Crippen LogP contribution in [0.5, 0.6) is 0 Å². The summed E-state index contributed by atoms with van der Waals surface area (Å²) in [6, 6.07) is 13.5. The van der Waals surface area contributed by atoms with Crippen molar-refractivity contribution in [1.29, 1.82) is 0 Å². The Morgan fingerprint density at radius 3 is 2.37 bits per heavy atom. The van der Waals surface area contributed by atoms with Gasteiger partial charge in [0, 0.05) is 10.6 Å². The van der Waals surface area contributed by atoms with E-state index in [4.69, 9.17) is 11.6 Å². The fourth-order valence-electron chi connectivity index (χ4n) is 4.17. The summed E-state index contributed by atoms with van der Waals surface area (Å²) in [6.07, 6.45) is -10.0. The van der Waals surface area contributed by atoms with E-state index in [-0.39, 0.29) is 24.1 Å². The predicted octanol–water partition coefficient (Wildman–Crippen LogP) is 4.52. The number of benzene rings is 2. The molecule has 3 atom stereocenters. The van der Waals surface area contributed by atoms with Gasteiger partial charge in [0.25, 0.3) is 0 Å². The summed E-state index contributed by atoms with van der Waals surface area (Å²) >= 11 is 5.93. The number of nitrogens with zero attached hydrogens (tertiary/aromatic N) is 5. The van der Waals surface area contributed by atoms with Crippen molar-refractivity contribution >= 4 is 23.1 Å². The lowest BCUT2D eigenvalue weighted by molar-refractivity contribution is -0.207. The molecule has 204 valence electrons. The van der Waals surface area contributed by atoms with Crippen molar-refractivity contribution < 1.29 is 22.7 Å². The van der Waals surface area contributed by atoms with Crippen LogP contribution in [0.15, 0.2) is 58.3 Å². The molecule has 0 aliphatic carbocycles. The first-order valence-corrected chi connectivity index (χ1v) is 12.3. The average Bonchev–Trinajstić information content (AvgIpc) is 3.41. The zero-order chi connectivity index (χ0) is 27.8. The minimum Gasteiger partial charge on any atom is -0.382 e. The van der Waals surface area contributed by atoms with Gasteiger partial charge < -0.3 is 5.11 Å². The Morgan fingerprint density at radius 2 is 1.76 bits per heavy atom. The van der Waals surface area contributed by atoms with E-state index in [9.17, 15) is 27.5 Å². The third kappa shape index (κ3) is 5.77. The first kappa shape index (κ1) is 27.8. The molecule has 1 aromatic heterocycles. The van der Waals surface area contributed by atoms with Crippen LogP contribution in [0.25, 0.3) is 11.4 Å². The number of nitrogens with one attached hydrogen (secondary N) is 1. The Balaban J connectivity index is 1.70. The summed E-state index contributed by atoms with van der Waals surface area (Å²) < 4.78 is 55.7. The topological polar surface area (TPSA) is 87.7 Å². The summed E-state index contributed by atoms with van der Waals surface area (Å²) in [4.78, 5) is 17.6. The first-order chi connectivity index (χ1) is 17.9. The molecular weight excluding hydrogens is 528 g/mol. The van der Waals surface area contributed by atoms with Gasteiger partial charge >= 0.3 is 11.9 Å². The van der Waals surface area contributed by atoms with Gasteiger partial charge in [0.15, 0.2) is 23.9 Å². The van der Waals surface area contributed by atoms with Crippen molar-refractivity contribution in [3.05, 3.63) is 69.6 Å². The van der Waals surface area contributed by atoms with Gasteiger partial charge in [-0.25, -0.2) is 24.3 Å². The molecule has 2 N–H and O–H groups in total. The van der Waals surface area contributed by atoms with Crippen molar-refractivity contribution in [3.8, 4) is 11.4 Å². The van der Waals surface area contributed by atoms with E-state index in [0.717, 1.165) is 14.8 Å². The van der Waals surface area contributed by atoms with Gasteiger partial charge in [-0.3, -0.25) is 9.58 Å². The molecule has 3 aromatic rings. The number of amidine groups is 1. The van der Waals surface area contributed by atoms with Gasteiger partial charge in [0.05, 0.1) is 18.8 Å². The lowest BCUT2D eigenvalue weighted by Gasteiger charge is -2.26. The standard InChI is InChI=1S/C25H27ClF4N6O2/c1-14(2)18-6-4-5-7-19(18)36-22(15(3)27)31-21(32-36)13-35-24(38)34(12-20(37)25(28,29)30)23(33-35)16-8-10-17(26)11-9-16/h4-11,14-15,20-21,32,37H,12-13H2,1-3H3/t15?,20-,21?/m0/s1. The van der Waals surface area contributed by atoms with Crippen molar-refractivity contribution in [2.75, 3.05) is 5.01 Å². The smallest absolute Gasteiger partial charge is 0.382 e. The Kier molecular flexibility index (Phi) is 7.96. The summed E-state index contributed by atoms with van der Waals surface area (Å²) in [5.41, 5.74) is 4.17. The predicted molar refractivity (Wildman–Crippen MR) is 137 cm³/mol. The van der Waals surface area contributed by atoms with Gasteiger partial charge in [0.2, 0.25) is 0 Å². The Hall–Kier alpha value is -3.22. The minimum atomic E-state index is -4.94. The molecule has 13 heteroatoms. The number of rotatable bonds is 8. The van der Waals surface area contributed by atoms with Crippen LogP contribution in [-0.4, -0.2) is 49.9 Å². The number of halogens is 5. The summed E-state index contributed by atoms with van der Waals surface area (Å²) in [6.45, 7) is 4.09. The van der Waals surface area contributed by atoms with Crippen LogP contribution in [0.2, 0.25) is 5.02 Å². The normalized spacial score (nSPS) is 17.7. The molecule has 4 rings (SSSR count). The lowest BCUT2D eigenvalue weighted by atomic mass is 10.0. The molecule has 0 spiro atoms. The molecule has 0 bridgehead atoms. The second kappa shape index (κ2) is 10.9. The van der Waals surface area contributed by atoms with Gasteiger partial charge in [-0.15, -0.1) is 5.10 Å². The third-order valence-electron chi connectivity index (χ3n) is 6.06. The number of para-hydroxylation sites is 1. The van der Waals surface area contributed by atoms with Crippen LogP contribution in [0.4, 0.5) is 23.2 Å². The number of aliphatic hydroxyl groups is 1. The zero-order valence-corrected chi connectivity index (χ0v) is 21.6. The highest BCUT2D eigenvalue weighted by atomic mass is 35.5.